The fourth-order valence-corrected chi connectivity index (χ4v) is 7.60. The summed E-state index contributed by atoms with van der Waals surface area (Å²) in [6, 6.07) is 12.3. The Kier molecular flexibility index (Phi) is 9.34. The van der Waals surface area contributed by atoms with Crippen LogP contribution in [0.15, 0.2) is 48.5 Å². The van der Waals surface area contributed by atoms with Crippen molar-refractivity contribution in [1.29, 1.82) is 0 Å². The first-order valence-corrected chi connectivity index (χ1v) is 16.0. The highest BCUT2D eigenvalue weighted by atomic mass is 35.5. The van der Waals surface area contributed by atoms with Gasteiger partial charge in [0.05, 0.1) is 22.6 Å². The van der Waals surface area contributed by atoms with Crippen LogP contribution in [-0.2, 0) is 19.6 Å². The Bertz CT molecular complexity index is 1430. The van der Waals surface area contributed by atoms with Gasteiger partial charge in [-0.15, -0.1) is 4.31 Å². The topological polar surface area (TPSA) is 95.0 Å². The van der Waals surface area contributed by atoms with E-state index < -0.39 is 69.6 Å². The van der Waals surface area contributed by atoms with Crippen LogP contribution in [-0.4, -0.2) is 58.5 Å². The van der Waals surface area contributed by atoms with Crippen LogP contribution in [0, 0.1) is 11.3 Å². The predicted molar refractivity (Wildman–Crippen MR) is 158 cm³/mol. The number of rotatable bonds is 10. The molecule has 0 unspecified atom stereocenters. The molecule has 12 heteroatoms. The SMILES string of the molecule is CC(C)(C)S(=O)(=O)N(C[C@H](C1CC1)N1C(=O)[C@](C)(CC(=O)O)C[C@H](c2cccc(Cl)c2)[C@H]1c1ccc(Cl)cc1)C(F)F. The maximum Gasteiger partial charge on any atom is 0.307 e. The Morgan fingerprint density at radius 1 is 1.10 bits per heavy atom. The first-order valence-electron chi connectivity index (χ1n) is 13.8. The molecule has 1 amide bonds. The number of carboxylic acid groups (broad SMARTS) is 1. The third-order valence-corrected chi connectivity index (χ3v) is 11.3. The molecule has 0 radical (unpaired) electrons. The number of halogens is 4. The Morgan fingerprint density at radius 2 is 1.71 bits per heavy atom. The monoisotopic (exact) mass is 644 g/mol. The lowest BCUT2D eigenvalue weighted by atomic mass is 9.67. The van der Waals surface area contributed by atoms with Gasteiger partial charge in [-0.1, -0.05) is 54.4 Å². The van der Waals surface area contributed by atoms with Crippen molar-refractivity contribution in [2.24, 2.45) is 11.3 Å². The number of benzene rings is 2. The van der Waals surface area contributed by atoms with Crippen molar-refractivity contribution >= 4 is 45.1 Å². The number of likely N-dealkylation sites (tertiary alicyclic amines) is 1. The van der Waals surface area contributed by atoms with Gasteiger partial charge in [-0.3, -0.25) is 9.59 Å². The summed E-state index contributed by atoms with van der Waals surface area (Å²) in [5, 5.41) is 10.7. The van der Waals surface area contributed by atoms with Crippen molar-refractivity contribution in [3.63, 3.8) is 0 Å². The van der Waals surface area contributed by atoms with E-state index in [1.807, 2.05) is 6.07 Å². The molecule has 4 rings (SSSR count). The predicted octanol–water partition coefficient (Wildman–Crippen LogP) is 6.96. The minimum absolute atomic E-state index is 0.151. The zero-order valence-electron chi connectivity index (χ0n) is 23.9. The summed E-state index contributed by atoms with van der Waals surface area (Å²) < 4.78 is 54.5. The highest BCUT2D eigenvalue weighted by molar-refractivity contribution is 7.90. The second kappa shape index (κ2) is 12.0. The van der Waals surface area contributed by atoms with E-state index in [4.69, 9.17) is 23.2 Å². The van der Waals surface area contributed by atoms with Gasteiger partial charge < -0.3 is 10.0 Å². The molecule has 42 heavy (non-hydrogen) atoms. The quantitative estimate of drug-likeness (QED) is 0.282. The van der Waals surface area contributed by atoms with Gasteiger partial charge in [-0.2, -0.15) is 8.78 Å². The van der Waals surface area contributed by atoms with E-state index in [0.29, 0.717) is 28.5 Å². The van der Waals surface area contributed by atoms with Gasteiger partial charge in [-0.25, -0.2) is 8.42 Å². The molecule has 1 heterocycles. The number of carbonyl (C=O) groups excluding carboxylic acids is 1. The van der Waals surface area contributed by atoms with Crippen molar-refractivity contribution in [3.05, 3.63) is 69.7 Å². The zero-order valence-corrected chi connectivity index (χ0v) is 26.3. The van der Waals surface area contributed by atoms with Crippen LogP contribution in [0.5, 0.6) is 0 Å². The average Bonchev–Trinajstić information content (AvgIpc) is 3.71. The molecule has 1 aliphatic carbocycles. The lowest BCUT2D eigenvalue weighted by Crippen LogP contribution is -2.60. The van der Waals surface area contributed by atoms with Gasteiger partial charge in [0, 0.05) is 28.5 Å². The van der Waals surface area contributed by atoms with Gasteiger partial charge in [0.2, 0.25) is 15.9 Å². The summed E-state index contributed by atoms with van der Waals surface area (Å²) in [6.45, 7) is 1.68. The number of sulfonamides is 1. The molecule has 7 nitrogen and oxygen atoms in total. The van der Waals surface area contributed by atoms with Crippen LogP contribution in [0.3, 0.4) is 0 Å². The van der Waals surface area contributed by atoms with Crippen LogP contribution in [0.1, 0.15) is 76.5 Å². The largest absolute Gasteiger partial charge is 0.481 e. The first-order chi connectivity index (χ1) is 19.5. The Morgan fingerprint density at radius 3 is 2.21 bits per heavy atom. The van der Waals surface area contributed by atoms with Gasteiger partial charge in [-0.05, 0) is 81.3 Å². The third kappa shape index (κ3) is 6.61. The molecule has 0 spiro atoms. The van der Waals surface area contributed by atoms with Crippen molar-refractivity contribution in [2.45, 2.75) is 82.7 Å². The summed E-state index contributed by atoms with van der Waals surface area (Å²) >= 11 is 12.6. The van der Waals surface area contributed by atoms with Crippen molar-refractivity contribution < 1.29 is 31.9 Å². The molecule has 2 fully saturated rings. The van der Waals surface area contributed by atoms with E-state index in [1.165, 1.54) is 25.7 Å². The van der Waals surface area contributed by atoms with Crippen molar-refractivity contribution in [3.8, 4) is 0 Å². The third-order valence-electron chi connectivity index (χ3n) is 8.32. The van der Waals surface area contributed by atoms with Gasteiger partial charge in [0.15, 0.2) is 0 Å². The summed E-state index contributed by atoms with van der Waals surface area (Å²) in [5.41, 5.74) is 0.0233. The number of hydrogen-bond donors (Lipinski definition) is 1. The molecule has 2 aliphatic rings. The second-order valence-electron chi connectivity index (χ2n) is 12.6. The number of carbonyl (C=O) groups is 2. The fourth-order valence-electron chi connectivity index (χ4n) is 6.01. The molecule has 1 N–H and O–H groups in total. The minimum Gasteiger partial charge on any atom is -0.481 e. The lowest BCUT2D eigenvalue weighted by Gasteiger charge is -2.52. The van der Waals surface area contributed by atoms with Crippen molar-refractivity contribution in [1.82, 2.24) is 9.21 Å². The number of nitrogens with zero attached hydrogens (tertiary/aromatic N) is 2. The van der Waals surface area contributed by atoms with Gasteiger partial charge in [0.1, 0.15) is 0 Å². The summed E-state index contributed by atoms with van der Waals surface area (Å²) in [6.07, 6.45) is 0.902. The van der Waals surface area contributed by atoms with Crippen LogP contribution in [0.2, 0.25) is 10.0 Å². The molecule has 1 aliphatic heterocycles. The summed E-state index contributed by atoms with van der Waals surface area (Å²) in [4.78, 5) is 28.1. The van der Waals surface area contributed by atoms with E-state index in [-0.39, 0.29) is 16.6 Å². The maximum absolute atomic E-state index is 14.5. The molecular formula is C30H36Cl2F2N2O5S. The molecule has 4 atom stereocenters. The van der Waals surface area contributed by atoms with Crippen LogP contribution in [0.25, 0.3) is 0 Å². The first kappa shape index (κ1) is 32.6. The van der Waals surface area contributed by atoms with E-state index >= 15 is 0 Å². The van der Waals surface area contributed by atoms with Crippen molar-refractivity contribution in [2.75, 3.05) is 6.54 Å². The number of hydrogen-bond acceptors (Lipinski definition) is 4. The maximum atomic E-state index is 14.5. The molecule has 0 aromatic heterocycles. The molecule has 0 bridgehead atoms. The van der Waals surface area contributed by atoms with Crippen LogP contribution >= 0.6 is 23.2 Å². The summed E-state index contributed by atoms with van der Waals surface area (Å²) in [7, 11) is -4.49. The lowest BCUT2D eigenvalue weighted by molar-refractivity contribution is -0.162. The van der Waals surface area contributed by atoms with E-state index in [2.05, 4.69) is 0 Å². The van der Waals surface area contributed by atoms with Gasteiger partial charge in [0.25, 0.3) is 0 Å². The second-order valence-corrected chi connectivity index (χ2v) is 16.1. The minimum atomic E-state index is -4.49. The standard InChI is InChI=1S/C30H36Cl2F2N2O5S/c1-29(2,3)42(40,41)35(28(33)34)17-24(18-8-9-18)36-26(19-10-12-21(31)13-11-19)23(20-6-5-7-22(32)14-20)15-30(4,27(36)39)16-25(37)38/h5-7,10-14,18,23-24,26,28H,8-9,15-17H2,1-4H3,(H,37,38)/t23-,24-,26-,30+/m1/s1. The Labute approximate surface area is 255 Å². The normalized spacial score (nSPS) is 24.3. The van der Waals surface area contributed by atoms with E-state index in [1.54, 1.807) is 49.4 Å². The number of alkyl halides is 2. The molecule has 1 saturated heterocycles. The highest BCUT2D eigenvalue weighted by Crippen LogP contribution is 2.54. The van der Waals surface area contributed by atoms with E-state index in [9.17, 15) is 31.9 Å². The highest BCUT2D eigenvalue weighted by Gasteiger charge is 2.56. The van der Waals surface area contributed by atoms with Gasteiger partial charge >= 0.3 is 12.5 Å². The molecule has 2 aromatic carbocycles. The van der Waals surface area contributed by atoms with Crippen LogP contribution < -0.4 is 0 Å². The molecule has 230 valence electrons. The fraction of sp³-hybridized carbons (Fsp3) is 0.533. The van der Waals surface area contributed by atoms with E-state index in [0.717, 1.165) is 5.56 Å². The number of amides is 1. The zero-order chi connectivity index (χ0) is 31.2. The molecule has 2 aromatic rings. The summed E-state index contributed by atoms with van der Waals surface area (Å²) in [5.74, 6) is -2.41. The number of aliphatic carboxylic acids is 1. The smallest absolute Gasteiger partial charge is 0.307 e. The number of piperidine rings is 1. The number of carboxylic acids is 1. The average molecular weight is 646 g/mol. The molecular weight excluding hydrogens is 609 g/mol. The van der Waals surface area contributed by atoms with Crippen LogP contribution in [0.4, 0.5) is 8.78 Å². The Hall–Kier alpha value is -2.27. The molecule has 1 saturated carbocycles. The Balaban J connectivity index is 1.94.